The van der Waals surface area contributed by atoms with E-state index in [4.69, 9.17) is 9.11 Å². The van der Waals surface area contributed by atoms with Crippen LogP contribution < -0.4 is 15.9 Å². The minimum atomic E-state index is -4.35. The molecular formula is C37H43O6PS2. The van der Waals surface area contributed by atoms with Crippen LogP contribution in [0.2, 0.25) is 0 Å². The highest BCUT2D eigenvalue weighted by atomic mass is 32.2. The summed E-state index contributed by atoms with van der Waals surface area (Å²) in [5.41, 5.74) is 0. The van der Waals surface area contributed by atoms with E-state index in [9.17, 15) is 16.8 Å². The quantitative estimate of drug-likeness (QED) is 0.0824. The van der Waals surface area contributed by atoms with Gasteiger partial charge >= 0.3 is 0 Å². The summed E-state index contributed by atoms with van der Waals surface area (Å²) in [5.74, 6) is 0. The molecule has 0 aromatic heterocycles. The van der Waals surface area contributed by atoms with Crippen LogP contribution in [0.15, 0.2) is 137 Å². The van der Waals surface area contributed by atoms with E-state index >= 15 is 0 Å². The molecule has 0 aliphatic heterocycles. The molecule has 0 aliphatic rings. The van der Waals surface area contributed by atoms with Crippen molar-refractivity contribution in [1.29, 1.82) is 0 Å². The van der Waals surface area contributed by atoms with Gasteiger partial charge in [0.2, 0.25) is 0 Å². The maximum Gasteiger partial charge on any atom is 0.294 e. The molecule has 0 radical (unpaired) electrons. The Balaban J connectivity index is 0.000000201. The molecule has 0 atom stereocenters. The van der Waals surface area contributed by atoms with Gasteiger partial charge in [-0.1, -0.05) is 162 Å². The molecule has 0 heterocycles. The predicted octanol–water partition coefficient (Wildman–Crippen LogP) is 8.53. The molecule has 5 aromatic carbocycles. The van der Waals surface area contributed by atoms with Gasteiger partial charge in [-0.3, -0.25) is 9.11 Å². The van der Waals surface area contributed by atoms with Crippen molar-refractivity contribution < 1.29 is 25.9 Å². The van der Waals surface area contributed by atoms with E-state index in [1.807, 2.05) is 0 Å². The normalized spacial score (nSPS) is 11.3. The first-order chi connectivity index (χ1) is 22.0. The van der Waals surface area contributed by atoms with Crippen molar-refractivity contribution in [3.63, 3.8) is 0 Å². The molecule has 244 valence electrons. The van der Waals surface area contributed by atoms with Gasteiger partial charge < -0.3 is 0 Å². The van der Waals surface area contributed by atoms with Gasteiger partial charge in [-0.2, -0.15) is 16.8 Å². The zero-order valence-electron chi connectivity index (χ0n) is 26.4. The maximum absolute atomic E-state index is 10.9. The molecule has 6 nitrogen and oxygen atoms in total. The average Bonchev–Trinajstić information content (AvgIpc) is 3.06. The smallest absolute Gasteiger partial charge is 0.282 e. The standard InChI is InChI=1S/C18H15P.C10H8O6S2.C9H20/c1-4-10-16(11-5-1)19(17-12-6-2-7-13-17)18-14-8-3-9-15-18;11-17(12,13)9-3-1-7-2-4-10(18(14,15)16)6-8(7)5-9;1-3-5-7-9-8-6-4-2/h1-15H;1-6H,(H,11,12,13)(H,14,15,16);3-9H2,1-2H3. The molecule has 0 spiro atoms. The second-order valence-electron chi connectivity index (χ2n) is 10.7. The van der Waals surface area contributed by atoms with Gasteiger partial charge in [0.25, 0.3) is 20.2 Å². The number of fused-ring (bicyclic) bond motifs is 1. The molecule has 2 N–H and O–H groups in total. The average molecular weight is 679 g/mol. The molecule has 5 rings (SSSR count). The minimum Gasteiger partial charge on any atom is -0.282 e. The SMILES string of the molecule is CCCCCCCCC.O=S(=O)(O)c1ccc2ccc(S(=O)(=O)O)cc2c1.c1ccc(P(c2ccccc2)c2ccccc2)cc1. The first-order valence-corrected chi connectivity index (χ1v) is 19.7. The first kappa shape index (κ1) is 37.1. The van der Waals surface area contributed by atoms with E-state index in [0.717, 1.165) is 12.1 Å². The second-order valence-corrected chi connectivity index (χ2v) is 15.8. The van der Waals surface area contributed by atoms with Gasteiger partial charge in [0.1, 0.15) is 0 Å². The van der Waals surface area contributed by atoms with Gasteiger partial charge in [0.15, 0.2) is 0 Å². The van der Waals surface area contributed by atoms with Crippen molar-refractivity contribution in [1.82, 2.24) is 0 Å². The summed E-state index contributed by atoms with van der Waals surface area (Å²) in [7, 11) is -9.16. The fourth-order valence-electron chi connectivity index (χ4n) is 4.73. The Kier molecular flexibility index (Phi) is 15.1. The molecule has 0 fully saturated rings. The lowest BCUT2D eigenvalue weighted by molar-refractivity contribution is 0.481. The highest BCUT2D eigenvalue weighted by Crippen LogP contribution is 2.32. The number of hydrogen-bond donors (Lipinski definition) is 2. The Morgan fingerprint density at radius 2 is 0.783 bits per heavy atom. The second kappa shape index (κ2) is 18.7. The fraction of sp³-hybridized carbons (Fsp3) is 0.243. The number of benzene rings is 5. The van der Waals surface area contributed by atoms with Crippen LogP contribution in [0.5, 0.6) is 0 Å². The monoisotopic (exact) mass is 678 g/mol. The molecule has 0 aliphatic carbocycles. The summed E-state index contributed by atoms with van der Waals surface area (Å²) in [5, 5.41) is 5.05. The third kappa shape index (κ3) is 12.1. The zero-order chi connectivity index (χ0) is 33.4. The summed E-state index contributed by atoms with van der Waals surface area (Å²) >= 11 is 0. The molecule has 5 aromatic rings. The van der Waals surface area contributed by atoms with Gasteiger partial charge in [-0.25, -0.2) is 0 Å². The van der Waals surface area contributed by atoms with E-state index in [2.05, 4.69) is 105 Å². The zero-order valence-corrected chi connectivity index (χ0v) is 28.9. The van der Waals surface area contributed by atoms with E-state index in [0.29, 0.717) is 5.39 Å². The van der Waals surface area contributed by atoms with Crippen LogP contribution in [-0.4, -0.2) is 25.9 Å². The van der Waals surface area contributed by atoms with Crippen molar-refractivity contribution in [2.24, 2.45) is 0 Å². The van der Waals surface area contributed by atoms with Crippen LogP contribution in [0.1, 0.15) is 58.8 Å². The molecule has 0 saturated carbocycles. The van der Waals surface area contributed by atoms with Crippen molar-refractivity contribution in [3.05, 3.63) is 127 Å². The van der Waals surface area contributed by atoms with E-state index in [1.54, 1.807) is 0 Å². The lowest BCUT2D eigenvalue weighted by Gasteiger charge is -2.18. The Hall–Kier alpha value is -3.39. The van der Waals surface area contributed by atoms with Gasteiger partial charge in [-0.15, -0.1) is 0 Å². The number of rotatable bonds is 11. The van der Waals surface area contributed by atoms with Crippen LogP contribution in [0.25, 0.3) is 10.8 Å². The fourth-order valence-corrected chi connectivity index (χ4v) is 8.07. The lowest BCUT2D eigenvalue weighted by atomic mass is 10.1. The predicted molar refractivity (Wildman–Crippen MR) is 192 cm³/mol. The summed E-state index contributed by atoms with van der Waals surface area (Å²) in [6.07, 6.45) is 9.97. The molecule has 0 amide bonds. The largest absolute Gasteiger partial charge is 0.294 e. The van der Waals surface area contributed by atoms with Crippen molar-refractivity contribution in [2.75, 3.05) is 0 Å². The summed E-state index contributed by atoms with van der Waals surface area (Å²) in [6, 6.07) is 39.8. The highest BCUT2D eigenvalue weighted by Gasteiger charge is 2.15. The Morgan fingerprint density at radius 3 is 1.09 bits per heavy atom. The number of hydrogen-bond acceptors (Lipinski definition) is 4. The maximum atomic E-state index is 10.9. The third-order valence-corrected chi connectivity index (χ3v) is 11.3. The Labute approximate surface area is 275 Å². The molecule has 0 bridgehead atoms. The number of unbranched alkanes of at least 4 members (excludes halogenated alkanes) is 6. The van der Waals surface area contributed by atoms with Crippen LogP contribution in [0.3, 0.4) is 0 Å². The topological polar surface area (TPSA) is 109 Å². The van der Waals surface area contributed by atoms with E-state index in [1.165, 1.54) is 85.1 Å². The molecule has 0 unspecified atom stereocenters. The van der Waals surface area contributed by atoms with Crippen molar-refractivity contribution >= 4 is 54.8 Å². The minimum absolute atomic E-state index is 0.278. The Bertz CT molecular complexity index is 1660. The lowest BCUT2D eigenvalue weighted by Crippen LogP contribution is -2.20. The van der Waals surface area contributed by atoms with E-state index in [-0.39, 0.29) is 15.2 Å². The molecular weight excluding hydrogens is 636 g/mol. The van der Waals surface area contributed by atoms with Gasteiger partial charge in [-0.05, 0) is 58.9 Å². The molecule has 9 heteroatoms. The van der Waals surface area contributed by atoms with Crippen LogP contribution in [0, 0.1) is 0 Å². The van der Waals surface area contributed by atoms with E-state index < -0.39 is 28.2 Å². The van der Waals surface area contributed by atoms with Gasteiger partial charge in [0, 0.05) is 0 Å². The van der Waals surface area contributed by atoms with Crippen LogP contribution in [0.4, 0.5) is 0 Å². The summed E-state index contributed by atoms with van der Waals surface area (Å²) < 4.78 is 61.5. The van der Waals surface area contributed by atoms with Crippen molar-refractivity contribution in [2.45, 2.75) is 68.6 Å². The first-order valence-electron chi connectivity index (χ1n) is 15.5. The Morgan fingerprint density at radius 1 is 0.457 bits per heavy atom. The summed E-state index contributed by atoms with van der Waals surface area (Å²) in [6.45, 7) is 4.53. The van der Waals surface area contributed by atoms with Gasteiger partial charge in [0.05, 0.1) is 9.79 Å². The van der Waals surface area contributed by atoms with Crippen LogP contribution in [-0.2, 0) is 20.2 Å². The van der Waals surface area contributed by atoms with Crippen LogP contribution >= 0.6 is 7.92 Å². The summed E-state index contributed by atoms with van der Waals surface area (Å²) in [4.78, 5) is -0.690. The highest BCUT2D eigenvalue weighted by molar-refractivity contribution is 7.86. The third-order valence-electron chi connectivity index (χ3n) is 7.13. The van der Waals surface area contributed by atoms with Crippen molar-refractivity contribution in [3.8, 4) is 0 Å². The molecule has 46 heavy (non-hydrogen) atoms. The molecule has 0 saturated heterocycles.